The van der Waals surface area contributed by atoms with Gasteiger partial charge in [-0.3, -0.25) is 9.59 Å². The van der Waals surface area contributed by atoms with E-state index < -0.39 is 5.60 Å². The summed E-state index contributed by atoms with van der Waals surface area (Å²) in [7, 11) is 3.46. The van der Waals surface area contributed by atoms with E-state index in [-0.39, 0.29) is 11.8 Å². The van der Waals surface area contributed by atoms with E-state index in [2.05, 4.69) is 23.6 Å². The van der Waals surface area contributed by atoms with Crippen LogP contribution in [-0.2, 0) is 20.7 Å². The van der Waals surface area contributed by atoms with Gasteiger partial charge in [0.05, 0.1) is 13.2 Å². The average molecular weight is 387 g/mol. The smallest absolute Gasteiger partial charge is 0.256 e. The minimum absolute atomic E-state index is 0.0577. The molecule has 0 radical (unpaired) electrons. The Hall–Kier alpha value is -2.18. The minimum atomic E-state index is -1.03. The van der Waals surface area contributed by atoms with Crippen molar-refractivity contribution in [1.29, 1.82) is 0 Å². The second-order valence-electron chi connectivity index (χ2n) is 7.06. The molecule has 2 heterocycles. The Bertz CT molecular complexity index is 786. The standard InChI is InChI=1S/C21H26N2O3S/c1-4-19(24)23-11-12-26-21(15-23,20(25)22(2)3)14-16-7-9-17(10-8-16)18-6-5-13-27-18/h5-10,13H,4,11-12,14-15H2,1-3H3. The summed E-state index contributed by atoms with van der Waals surface area (Å²) >= 11 is 1.70. The van der Waals surface area contributed by atoms with Crippen molar-refractivity contribution in [2.45, 2.75) is 25.4 Å². The summed E-state index contributed by atoms with van der Waals surface area (Å²) in [6, 6.07) is 12.4. The average Bonchev–Trinajstić information content (AvgIpc) is 3.22. The van der Waals surface area contributed by atoms with Crippen LogP contribution in [0.1, 0.15) is 18.9 Å². The number of likely N-dealkylation sites (N-methyl/N-ethyl adjacent to an activating group) is 1. The summed E-state index contributed by atoms with van der Waals surface area (Å²) in [4.78, 5) is 29.7. The maximum atomic E-state index is 13.0. The highest BCUT2D eigenvalue weighted by Gasteiger charge is 2.45. The molecule has 27 heavy (non-hydrogen) atoms. The third kappa shape index (κ3) is 4.22. The van der Waals surface area contributed by atoms with Gasteiger partial charge in [0.15, 0.2) is 5.60 Å². The van der Waals surface area contributed by atoms with E-state index in [1.807, 2.05) is 25.1 Å². The van der Waals surface area contributed by atoms with Gasteiger partial charge < -0.3 is 14.5 Å². The first-order valence-electron chi connectivity index (χ1n) is 9.21. The third-order valence-corrected chi connectivity index (χ3v) is 5.81. The predicted octanol–water partition coefficient (Wildman–Crippen LogP) is 3.05. The Morgan fingerprint density at radius 1 is 1.22 bits per heavy atom. The highest BCUT2D eigenvalue weighted by molar-refractivity contribution is 7.13. The molecular weight excluding hydrogens is 360 g/mol. The van der Waals surface area contributed by atoms with E-state index in [0.717, 1.165) is 11.1 Å². The Kier molecular flexibility index (Phi) is 5.97. The molecule has 1 unspecified atom stereocenters. The Labute approximate surface area is 164 Å². The van der Waals surface area contributed by atoms with Gasteiger partial charge in [0.25, 0.3) is 5.91 Å². The summed E-state index contributed by atoms with van der Waals surface area (Å²) in [6.45, 7) is 3.05. The van der Waals surface area contributed by atoms with Gasteiger partial charge in [0.2, 0.25) is 5.91 Å². The van der Waals surface area contributed by atoms with Crippen LogP contribution in [0.15, 0.2) is 41.8 Å². The molecule has 0 aliphatic carbocycles. The van der Waals surface area contributed by atoms with Gasteiger partial charge in [-0.05, 0) is 22.6 Å². The van der Waals surface area contributed by atoms with Crippen LogP contribution in [-0.4, -0.2) is 61.0 Å². The summed E-state index contributed by atoms with van der Waals surface area (Å²) in [5.41, 5.74) is 1.15. The van der Waals surface area contributed by atoms with Gasteiger partial charge in [-0.1, -0.05) is 37.3 Å². The Morgan fingerprint density at radius 3 is 2.56 bits per heavy atom. The number of amides is 2. The van der Waals surface area contributed by atoms with Crippen molar-refractivity contribution < 1.29 is 14.3 Å². The number of ether oxygens (including phenoxy) is 1. The van der Waals surface area contributed by atoms with Crippen LogP contribution in [0, 0.1) is 0 Å². The molecule has 0 bridgehead atoms. The number of carbonyl (C=O) groups excluding carboxylic acids is 2. The summed E-state index contributed by atoms with van der Waals surface area (Å²) < 4.78 is 6.04. The lowest BCUT2D eigenvalue weighted by atomic mass is 9.90. The SMILES string of the molecule is CCC(=O)N1CCOC(Cc2ccc(-c3cccs3)cc2)(C(=O)N(C)C)C1. The van der Waals surface area contributed by atoms with E-state index in [9.17, 15) is 9.59 Å². The zero-order valence-corrected chi connectivity index (χ0v) is 16.9. The van der Waals surface area contributed by atoms with Crippen LogP contribution in [0.25, 0.3) is 10.4 Å². The van der Waals surface area contributed by atoms with Crippen molar-refractivity contribution in [3.8, 4) is 10.4 Å². The van der Waals surface area contributed by atoms with E-state index in [4.69, 9.17) is 4.74 Å². The lowest BCUT2D eigenvalue weighted by Crippen LogP contribution is -2.61. The maximum absolute atomic E-state index is 13.0. The van der Waals surface area contributed by atoms with Gasteiger partial charge in [-0.2, -0.15) is 0 Å². The maximum Gasteiger partial charge on any atom is 0.256 e. The summed E-state index contributed by atoms with van der Waals surface area (Å²) in [5.74, 6) is -0.0410. The number of hydrogen-bond donors (Lipinski definition) is 0. The number of morpholine rings is 1. The number of rotatable bonds is 5. The molecule has 2 amide bonds. The second kappa shape index (κ2) is 8.23. The van der Waals surface area contributed by atoms with Crippen molar-refractivity contribution in [3.63, 3.8) is 0 Å². The van der Waals surface area contributed by atoms with Gasteiger partial charge in [0.1, 0.15) is 0 Å². The molecule has 0 N–H and O–H groups in total. The Balaban J connectivity index is 1.85. The molecule has 1 atom stereocenters. The molecule has 1 aromatic carbocycles. The molecule has 1 saturated heterocycles. The number of benzene rings is 1. The first-order chi connectivity index (χ1) is 12.9. The van der Waals surface area contributed by atoms with Crippen molar-refractivity contribution in [3.05, 3.63) is 47.3 Å². The number of thiophene rings is 1. The number of nitrogens with zero attached hydrogens (tertiary/aromatic N) is 2. The van der Waals surface area contributed by atoms with Crippen molar-refractivity contribution in [2.24, 2.45) is 0 Å². The lowest BCUT2D eigenvalue weighted by Gasteiger charge is -2.42. The van der Waals surface area contributed by atoms with E-state index in [1.54, 1.807) is 35.2 Å². The first kappa shape index (κ1) is 19.6. The minimum Gasteiger partial charge on any atom is -0.361 e. The monoisotopic (exact) mass is 386 g/mol. The predicted molar refractivity (Wildman–Crippen MR) is 108 cm³/mol. The summed E-state index contributed by atoms with van der Waals surface area (Å²) in [5, 5.41) is 2.06. The molecular formula is C21H26N2O3S. The highest BCUT2D eigenvalue weighted by atomic mass is 32.1. The van der Waals surface area contributed by atoms with Gasteiger partial charge >= 0.3 is 0 Å². The number of hydrogen-bond acceptors (Lipinski definition) is 4. The first-order valence-corrected chi connectivity index (χ1v) is 10.1. The molecule has 3 rings (SSSR count). The molecule has 1 aliphatic heterocycles. The van der Waals surface area contributed by atoms with Crippen LogP contribution in [0.3, 0.4) is 0 Å². The quantitative estimate of drug-likeness (QED) is 0.794. The van der Waals surface area contributed by atoms with E-state index >= 15 is 0 Å². The van der Waals surface area contributed by atoms with Gasteiger partial charge in [-0.25, -0.2) is 0 Å². The lowest BCUT2D eigenvalue weighted by molar-refractivity contribution is -0.172. The molecule has 1 aromatic heterocycles. The van der Waals surface area contributed by atoms with Crippen LogP contribution in [0.4, 0.5) is 0 Å². The highest BCUT2D eigenvalue weighted by Crippen LogP contribution is 2.29. The van der Waals surface area contributed by atoms with Gasteiger partial charge in [-0.15, -0.1) is 11.3 Å². The largest absolute Gasteiger partial charge is 0.361 e. The summed E-state index contributed by atoms with van der Waals surface area (Å²) in [6.07, 6.45) is 0.879. The zero-order chi connectivity index (χ0) is 19.4. The van der Waals surface area contributed by atoms with Crippen LogP contribution in [0.5, 0.6) is 0 Å². The third-order valence-electron chi connectivity index (χ3n) is 4.89. The van der Waals surface area contributed by atoms with Crippen LogP contribution in [0.2, 0.25) is 0 Å². The fourth-order valence-electron chi connectivity index (χ4n) is 3.50. The molecule has 0 spiro atoms. The molecule has 1 aliphatic rings. The topological polar surface area (TPSA) is 49.9 Å². The van der Waals surface area contributed by atoms with E-state index in [0.29, 0.717) is 32.5 Å². The molecule has 144 valence electrons. The second-order valence-corrected chi connectivity index (χ2v) is 8.01. The Morgan fingerprint density at radius 2 is 1.96 bits per heavy atom. The fourth-order valence-corrected chi connectivity index (χ4v) is 4.23. The molecule has 6 heteroatoms. The molecule has 5 nitrogen and oxygen atoms in total. The zero-order valence-electron chi connectivity index (χ0n) is 16.1. The normalized spacial score (nSPS) is 19.7. The number of carbonyl (C=O) groups is 2. The molecule has 1 fully saturated rings. The van der Waals surface area contributed by atoms with Crippen molar-refractivity contribution >= 4 is 23.2 Å². The van der Waals surface area contributed by atoms with Crippen LogP contribution >= 0.6 is 11.3 Å². The van der Waals surface area contributed by atoms with Crippen molar-refractivity contribution in [2.75, 3.05) is 33.8 Å². The fraction of sp³-hybridized carbons (Fsp3) is 0.429. The van der Waals surface area contributed by atoms with Crippen molar-refractivity contribution in [1.82, 2.24) is 9.80 Å². The van der Waals surface area contributed by atoms with Gasteiger partial charge in [0, 0.05) is 38.4 Å². The van der Waals surface area contributed by atoms with Crippen LogP contribution < -0.4 is 0 Å². The van der Waals surface area contributed by atoms with E-state index in [1.165, 1.54) is 4.88 Å². The molecule has 0 saturated carbocycles. The molecule has 2 aromatic rings.